The highest BCUT2D eigenvalue weighted by atomic mass is 127. The van der Waals surface area contributed by atoms with Crippen LogP contribution in [0.5, 0.6) is 0 Å². The van der Waals surface area contributed by atoms with Gasteiger partial charge in [-0.2, -0.15) is 0 Å². The number of benzene rings is 1. The molecule has 0 bridgehead atoms. The highest BCUT2D eigenvalue weighted by molar-refractivity contribution is 14.1. The Labute approximate surface area is 109 Å². The summed E-state index contributed by atoms with van der Waals surface area (Å²) in [6.07, 6.45) is 5.00. The third kappa shape index (κ3) is 4.78. The predicted octanol–water partition coefficient (Wildman–Crippen LogP) is 4.79. The summed E-state index contributed by atoms with van der Waals surface area (Å²) < 4.78 is 1.32. The van der Waals surface area contributed by atoms with E-state index in [2.05, 4.69) is 69.7 Å². The molecule has 1 unspecified atom stereocenters. The van der Waals surface area contributed by atoms with E-state index in [9.17, 15) is 0 Å². The van der Waals surface area contributed by atoms with Crippen LogP contribution in [0.2, 0.25) is 0 Å². The molecule has 78 valence electrons. The van der Waals surface area contributed by atoms with Crippen LogP contribution in [0.4, 0.5) is 0 Å². The summed E-state index contributed by atoms with van der Waals surface area (Å²) in [5, 5.41) is 0. The summed E-state index contributed by atoms with van der Waals surface area (Å²) in [6.45, 7) is 2.23. The van der Waals surface area contributed by atoms with Crippen LogP contribution in [0.1, 0.15) is 31.7 Å². The number of hydrogen-bond acceptors (Lipinski definition) is 0. The van der Waals surface area contributed by atoms with Crippen molar-refractivity contribution < 1.29 is 0 Å². The van der Waals surface area contributed by atoms with Crippen molar-refractivity contribution >= 4 is 38.5 Å². The lowest BCUT2D eigenvalue weighted by Gasteiger charge is -2.06. The average molecular weight is 367 g/mol. The van der Waals surface area contributed by atoms with Crippen molar-refractivity contribution in [3.8, 4) is 0 Å². The van der Waals surface area contributed by atoms with Gasteiger partial charge in [0.2, 0.25) is 0 Å². The zero-order valence-electron chi connectivity index (χ0n) is 8.47. The molecule has 0 spiro atoms. The second-order valence-electron chi connectivity index (χ2n) is 3.52. The van der Waals surface area contributed by atoms with Crippen molar-refractivity contribution in [1.29, 1.82) is 0 Å². The Balaban J connectivity index is 2.28. The molecular formula is C12H16BrI. The molecule has 0 heterocycles. The van der Waals surface area contributed by atoms with Crippen molar-refractivity contribution in [2.45, 2.75) is 37.4 Å². The Morgan fingerprint density at radius 2 is 1.93 bits per heavy atom. The fourth-order valence-corrected chi connectivity index (χ4v) is 2.07. The molecule has 0 aliphatic carbocycles. The van der Waals surface area contributed by atoms with Crippen molar-refractivity contribution in [2.75, 3.05) is 0 Å². The molecule has 14 heavy (non-hydrogen) atoms. The van der Waals surface area contributed by atoms with E-state index in [-0.39, 0.29) is 0 Å². The number of aryl methyl sites for hydroxylation is 1. The predicted molar refractivity (Wildman–Crippen MR) is 75.1 cm³/mol. The number of hydrogen-bond donors (Lipinski definition) is 0. The lowest BCUT2D eigenvalue weighted by molar-refractivity contribution is 0.690. The highest BCUT2D eigenvalue weighted by Gasteiger charge is 2.00. The van der Waals surface area contributed by atoms with Gasteiger partial charge in [0.1, 0.15) is 0 Å². The van der Waals surface area contributed by atoms with Gasteiger partial charge in [-0.1, -0.05) is 35.0 Å². The Morgan fingerprint density at radius 1 is 1.29 bits per heavy atom. The van der Waals surface area contributed by atoms with Gasteiger partial charge in [-0.3, -0.25) is 0 Å². The van der Waals surface area contributed by atoms with E-state index in [1.54, 1.807) is 0 Å². The minimum absolute atomic E-state index is 0.700. The zero-order valence-corrected chi connectivity index (χ0v) is 12.2. The standard InChI is InChI=1S/C12H16BrI/c1-2-11(13)5-3-4-10-6-8-12(14)9-7-10/h6-9,11H,2-5H2,1H3. The number of halogens is 2. The van der Waals surface area contributed by atoms with E-state index in [1.165, 1.54) is 34.8 Å². The molecule has 1 aromatic carbocycles. The van der Waals surface area contributed by atoms with Gasteiger partial charge < -0.3 is 0 Å². The van der Waals surface area contributed by atoms with Crippen molar-refractivity contribution in [3.63, 3.8) is 0 Å². The lowest BCUT2D eigenvalue weighted by Crippen LogP contribution is -1.96. The first kappa shape index (κ1) is 12.5. The molecule has 0 nitrogen and oxygen atoms in total. The third-order valence-electron chi connectivity index (χ3n) is 2.34. The molecule has 0 N–H and O–H groups in total. The second-order valence-corrected chi connectivity index (χ2v) is 6.06. The summed E-state index contributed by atoms with van der Waals surface area (Å²) in [5.41, 5.74) is 1.46. The molecule has 0 aliphatic heterocycles. The van der Waals surface area contributed by atoms with Crippen LogP contribution in [0.3, 0.4) is 0 Å². The maximum absolute atomic E-state index is 3.66. The fraction of sp³-hybridized carbons (Fsp3) is 0.500. The first-order chi connectivity index (χ1) is 6.72. The van der Waals surface area contributed by atoms with Gasteiger partial charge in [-0.25, -0.2) is 0 Å². The van der Waals surface area contributed by atoms with Crippen LogP contribution in [0.15, 0.2) is 24.3 Å². The van der Waals surface area contributed by atoms with Crippen LogP contribution in [0, 0.1) is 3.57 Å². The molecule has 2 heteroatoms. The molecule has 1 atom stereocenters. The molecule has 0 fully saturated rings. The first-order valence-corrected chi connectivity index (χ1v) is 7.10. The molecular weight excluding hydrogens is 351 g/mol. The summed E-state index contributed by atoms with van der Waals surface area (Å²) in [7, 11) is 0. The summed E-state index contributed by atoms with van der Waals surface area (Å²) in [6, 6.07) is 8.83. The minimum Gasteiger partial charge on any atom is -0.0891 e. The quantitative estimate of drug-likeness (QED) is 0.519. The van der Waals surface area contributed by atoms with E-state index >= 15 is 0 Å². The van der Waals surface area contributed by atoms with Crippen LogP contribution >= 0.6 is 38.5 Å². The zero-order chi connectivity index (χ0) is 10.4. The van der Waals surface area contributed by atoms with Gasteiger partial charge in [-0.15, -0.1) is 0 Å². The normalized spacial score (nSPS) is 12.8. The summed E-state index contributed by atoms with van der Waals surface area (Å²) in [5.74, 6) is 0. The Morgan fingerprint density at radius 3 is 2.50 bits per heavy atom. The monoisotopic (exact) mass is 366 g/mol. The molecule has 0 saturated heterocycles. The van der Waals surface area contributed by atoms with Gasteiger partial charge in [0, 0.05) is 8.40 Å². The van der Waals surface area contributed by atoms with E-state index in [0.29, 0.717) is 4.83 Å². The largest absolute Gasteiger partial charge is 0.0891 e. The smallest absolute Gasteiger partial charge is 0.0143 e. The van der Waals surface area contributed by atoms with Crippen LogP contribution < -0.4 is 0 Å². The molecule has 0 amide bonds. The molecule has 0 saturated carbocycles. The van der Waals surface area contributed by atoms with Crippen molar-refractivity contribution in [1.82, 2.24) is 0 Å². The van der Waals surface area contributed by atoms with Gasteiger partial charge in [0.05, 0.1) is 0 Å². The maximum Gasteiger partial charge on any atom is 0.0143 e. The van der Waals surface area contributed by atoms with Crippen molar-refractivity contribution in [2.24, 2.45) is 0 Å². The second kappa shape index (κ2) is 6.83. The maximum atomic E-state index is 3.66. The number of alkyl halides is 1. The molecule has 0 aromatic heterocycles. The van der Waals surface area contributed by atoms with E-state index < -0.39 is 0 Å². The summed E-state index contributed by atoms with van der Waals surface area (Å²) in [4.78, 5) is 0.700. The third-order valence-corrected chi connectivity index (χ3v) is 4.16. The van der Waals surface area contributed by atoms with Gasteiger partial charge in [-0.05, 0) is 66.0 Å². The van der Waals surface area contributed by atoms with Crippen LogP contribution in [-0.2, 0) is 6.42 Å². The molecule has 0 aliphatic rings. The lowest BCUT2D eigenvalue weighted by atomic mass is 10.1. The minimum atomic E-state index is 0.700. The Hall–Kier alpha value is 0.430. The van der Waals surface area contributed by atoms with Gasteiger partial charge in [0.25, 0.3) is 0 Å². The fourth-order valence-electron chi connectivity index (χ4n) is 1.38. The Kier molecular flexibility index (Phi) is 6.10. The first-order valence-electron chi connectivity index (χ1n) is 5.11. The number of rotatable bonds is 5. The Bertz CT molecular complexity index is 256. The van der Waals surface area contributed by atoms with Crippen LogP contribution in [-0.4, -0.2) is 4.83 Å². The van der Waals surface area contributed by atoms with E-state index in [0.717, 1.165) is 0 Å². The SMILES string of the molecule is CCC(Br)CCCc1ccc(I)cc1. The van der Waals surface area contributed by atoms with Crippen LogP contribution in [0.25, 0.3) is 0 Å². The highest BCUT2D eigenvalue weighted by Crippen LogP contribution is 2.15. The average Bonchev–Trinajstić information content (AvgIpc) is 2.21. The summed E-state index contributed by atoms with van der Waals surface area (Å²) >= 11 is 6.00. The van der Waals surface area contributed by atoms with Gasteiger partial charge >= 0.3 is 0 Å². The molecule has 0 radical (unpaired) electrons. The van der Waals surface area contributed by atoms with Crippen molar-refractivity contribution in [3.05, 3.63) is 33.4 Å². The van der Waals surface area contributed by atoms with E-state index in [4.69, 9.17) is 0 Å². The molecule has 1 rings (SSSR count). The van der Waals surface area contributed by atoms with E-state index in [1.807, 2.05) is 0 Å². The van der Waals surface area contributed by atoms with Gasteiger partial charge in [0.15, 0.2) is 0 Å². The topological polar surface area (TPSA) is 0 Å². The molecule has 1 aromatic rings.